The van der Waals surface area contributed by atoms with Crippen LogP contribution in [-0.2, 0) is 0 Å². The van der Waals surface area contributed by atoms with Crippen LogP contribution in [-0.4, -0.2) is 18.6 Å². The van der Waals surface area contributed by atoms with E-state index in [2.05, 4.69) is 11.4 Å². The molecule has 0 aliphatic heterocycles. The lowest BCUT2D eigenvalue weighted by atomic mass is 9.91. The van der Waals surface area contributed by atoms with Gasteiger partial charge in [-0.25, -0.2) is 0 Å². The van der Waals surface area contributed by atoms with Crippen LogP contribution in [0.25, 0.3) is 0 Å². The topological polar surface area (TPSA) is 62.1 Å². The summed E-state index contributed by atoms with van der Waals surface area (Å²) in [5.41, 5.74) is 0.756. The van der Waals surface area contributed by atoms with Crippen LogP contribution in [0.15, 0.2) is 18.2 Å². The first-order valence-electron chi connectivity index (χ1n) is 7.49. The molecule has 4 heteroatoms. The number of methoxy groups -OCH3 is 1. The SMILES string of the molecule is COc1ccc(C)cc1C(=O)NC1(C#N)CCCCCC1. The van der Waals surface area contributed by atoms with Crippen molar-refractivity contribution in [2.45, 2.75) is 51.0 Å². The molecule has 112 valence electrons. The number of hydrogen-bond donors (Lipinski definition) is 1. The first-order valence-corrected chi connectivity index (χ1v) is 7.49. The van der Waals surface area contributed by atoms with Crippen LogP contribution < -0.4 is 10.1 Å². The summed E-state index contributed by atoms with van der Waals surface area (Å²) in [6, 6.07) is 7.83. The molecule has 0 heterocycles. The van der Waals surface area contributed by atoms with Gasteiger partial charge in [0.1, 0.15) is 11.3 Å². The van der Waals surface area contributed by atoms with Crippen LogP contribution >= 0.6 is 0 Å². The first-order chi connectivity index (χ1) is 10.1. The Labute approximate surface area is 126 Å². The fraction of sp³-hybridized carbons (Fsp3) is 0.529. The van der Waals surface area contributed by atoms with Gasteiger partial charge >= 0.3 is 0 Å². The van der Waals surface area contributed by atoms with E-state index < -0.39 is 5.54 Å². The van der Waals surface area contributed by atoms with Crippen molar-refractivity contribution >= 4 is 5.91 Å². The number of amides is 1. The smallest absolute Gasteiger partial charge is 0.256 e. The molecule has 1 N–H and O–H groups in total. The molecule has 1 fully saturated rings. The largest absolute Gasteiger partial charge is 0.496 e. The number of hydrogen-bond acceptors (Lipinski definition) is 3. The molecule has 2 rings (SSSR count). The molecular formula is C17H22N2O2. The maximum Gasteiger partial charge on any atom is 0.256 e. The third-order valence-corrected chi connectivity index (χ3v) is 4.12. The van der Waals surface area contributed by atoms with Crippen molar-refractivity contribution in [3.05, 3.63) is 29.3 Å². The highest BCUT2D eigenvalue weighted by atomic mass is 16.5. The van der Waals surface area contributed by atoms with Crippen LogP contribution in [0.2, 0.25) is 0 Å². The fourth-order valence-corrected chi connectivity index (χ4v) is 2.88. The van der Waals surface area contributed by atoms with E-state index in [1.165, 1.54) is 0 Å². The minimum absolute atomic E-state index is 0.223. The molecule has 1 saturated carbocycles. The monoisotopic (exact) mass is 286 g/mol. The number of carbonyl (C=O) groups excluding carboxylic acids is 1. The summed E-state index contributed by atoms with van der Waals surface area (Å²) in [7, 11) is 1.55. The summed E-state index contributed by atoms with van der Waals surface area (Å²) in [6.45, 7) is 1.93. The average molecular weight is 286 g/mol. The van der Waals surface area contributed by atoms with Crippen molar-refractivity contribution in [3.63, 3.8) is 0 Å². The van der Waals surface area contributed by atoms with Gasteiger partial charge in [0.05, 0.1) is 18.7 Å². The highest BCUT2D eigenvalue weighted by Crippen LogP contribution is 2.28. The van der Waals surface area contributed by atoms with Gasteiger partial charge in [0, 0.05) is 0 Å². The van der Waals surface area contributed by atoms with E-state index in [1.807, 2.05) is 13.0 Å². The van der Waals surface area contributed by atoms with E-state index in [1.54, 1.807) is 19.2 Å². The van der Waals surface area contributed by atoms with Gasteiger partial charge < -0.3 is 10.1 Å². The Morgan fingerprint density at radius 2 is 1.95 bits per heavy atom. The molecule has 0 spiro atoms. The van der Waals surface area contributed by atoms with E-state index >= 15 is 0 Å². The van der Waals surface area contributed by atoms with Gasteiger partial charge in [0.15, 0.2) is 0 Å². The zero-order chi connectivity index (χ0) is 15.3. The molecule has 0 aromatic heterocycles. The summed E-state index contributed by atoms with van der Waals surface area (Å²) in [5, 5.41) is 12.5. The minimum atomic E-state index is -0.734. The molecule has 1 amide bonds. The maximum atomic E-state index is 12.6. The predicted molar refractivity (Wildman–Crippen MR) is 81.2 cm³/mol. The molecule has 1 aliphatic carbocycles. The van der Waals surface area contributed by atoms with Gasteiger partial charge in [-0.05, 0) is 31.9 Å². The number of carbonyl (C=O) groups is 1. The van der Waals surface area contributed by atoms with Gasteiger partial charge in [-0.1, -0.05) is 37.3 Å². The lowest BCUT2D eigenvalue weighted by Gasteiger charge is -2.26. The van der Waals surface area contributed by atoms with E-state index in [0.717, 1.165) is 44.1 Å². The number of rotatable bonds is 3. The normalized spacial score (nSPS) is 17.4. The number of benzene rings is 1. The van der Waals surface area contributed by atoms with Crippen LogP contribution in [0.3, 0.4) is 0 Å². The zero-order valence-corrected chi connectivity index (χ0v) is 12.7. The molecule has 0 unspecified atom stereocenters. The summed E-state index contributed by atoms with van der Waals surface area (Å²) >= 11 is 0. The Bertz CT molecular complexity index is 552. The molecule has 0 radical (unpaired) electrons. The third-order valence-electron chi connectivity index (χ3n) is 4.12. The van der Waals surface area contributed by atoms with Crippen LogP contribution in [0, 0.1) is 18.3 Å². The third kappa shape index (κ3) is 3.55. The van der Waals surface area contributed by atoms with Crippen molar-refractivity contribution in [3.8, 4) is 11.8 Å². The second kappa shape index (κ2) is 6.62. The lowest BCUT2D eigenvalue weighted by molar-refractivity contribution is 0.0909. The van der Waals surface area contributed by atoms with E-state index in [4.69, 9.17) is 4.74 Å². The van der Waals surface area contributed by atoms with Gasteiger partial charge in [0.25, 0.3) is 5.91 Å². The van der Waals surface area contributed by atoms with E-state index in [9.17, 15) is 10.1 Å². The van der Waals surface area contributed by atoms with Crippen molar-refractivity contribution in [2.24, 2.45) is 0 Å². The molecule has 1 aromatic carbocycles. The Morgan fingerprint density at radius 3 is 2.52 bits per heavy atom. The molecular weight excluding hydrogens is 264 g/mol. The van der Waals surface area contributed by atoms with Crippen molar-refractivity contribution in [2.75, 3.05) is 7.11 Å². The molecule has 0 saturated heterocycles. The summed E-state index contributed by atoms with van der Waals surface area (Å²) < 4.78 is 5.26. The van der Waals surface area contributed by atoms with Crippen LogP contribution in [0.5, 0.6) is 5.75 Å². The van der Waals surface area contributed by atoms with Crippen LogP contribution in [0.4, 0.5) is 0 Å². The predicted octanol–water partition coefficient (Wildman–Crippen LogP) is 3.35. The van der Waals surface area contributed by atoms with Gasteiger partial charge in [-0.2, -0.15) is 5.26 Å². The molecule has 0 atom stereocenters. The standard InChI is InChI=1S/C17H22N2O2/c1-13-7-8-15(21-2)14(11-13)16(20)19-17(12-18)9-5-3-4-6-10-17/h7-8,11H,3-6,9-10H2,1-2H3,(H,19,20). The molecule has 4 nitrogen and oxygen atoms in total. The highest BCUT2D eigenvalue weighted by Gasteiger charge is 2.33. The van der Waals surface area contributed by atoms with Gasteiger partial charge in [0.2, 0.25) is 0 Å². The summed E-state index contributed by atoms with van der Waals surface area (Å²) in [6.07, 6.45) is 5.68. The summed E-state index contributed by atoms with van der Waals surface area (Å²) in [5.74, 6) is 0.318. The second-order valence-corrected chi connectivity index (χ2v) is 5.77. The quantitative estimate of drug-likeness (QED) is 0.867. The van der Waals surface area contributed by atoms with Gasteiger partial charge in [-0.3, -0.25) is 4.79 Å². The number of aryl methyl sites for hydroxylation is 1. The summed E-state index contributed by atoms with van der Waals surface area (Å²) in [4.78, 5) is 12.6. The fourth-order valence-electron chi connectivity index (χ4n) is 2.88. The number of nitrogens with zero attached hydrogens (tertiary/aromatic N) is 1. The molecule has 1 aromatic rings. The minimum Gasteiger partial charge on any atom is -0.496 e. The Kier molecular flexibility index (Phi) is 4.85. The average Bonchev–Trinajstić information content (AvgIpc) is 2.73. The maximum absolute atomic E-state index is 12.6. The Hall–Kier alpha value is -2.02. The number of ether oxygens (including phenoxy) is 1. The number of nitriles is 1. The molecule has 0 bridgehead atoms. The van der Waals surface area contributed by atoms with Crippen molar-refractivity contribution in [1.29, 1.82) is 5.26 Å². The van der Waals surface area contributed by atoms with Crippen molar-refractivity contribution < 1.29 is 9.53 Å². The molecule has 1 aliphatic rings. The zero-order valence-electron chi connectivity index (χ0n) is 12.7. The Balaban J connectivity index is 2.24. The lowest BCUT2D eigenvalue weighted by Crippen LogP contribution is -2.47. The second-order valence-electron chi connectivity index (χ2n) is 5.77. The van der Waals surface area contributed by atoms with E-state index in [0.29, 0.717) is 11.3 Å². The Morgan fingerprint density at radius 1 is 1.29 bits per heavy atom. The highest BCUT2D eigenvalue weighted by molar-refractivity contribution is 5.97. The van der Waals surface area contributed by atoms with Crippen LogP contribution in [0.1, 0.15) is 54.4 Å². The first kappa shape index (κ1) is 15.4. The number of nitrogens with one attached hydrogen (secondary N) is 1. The molecule has 21 heavy (non-hydrogen) atoms. The van der Waals surface area contributed by atoms with E-state index in [-0.39, 0.29) is 5.91 Å². The van der Waals surface area contributed by atoms with Crippen molar-refractivity contribution in [1.82, 2.24) is 5.32 Å². The van der Waals surface area contributed by atoms with Gasteiger partial charge in [-0.15, -0.1) is 0 Å².